The molecule has 0 spiro atoms. The first-order chi connectivity index (χ1) is 8.88. The molecule has 1 amide bonds. The molecule has 2 rings (SSSR count). The van der Waals surface area contributed by atoms with E-state index in [1.165, 1.54) is 17.4 Å². The number of anilines is 2. The molecule has 2 aromatic rings. The Morgan fingerprint density at radius 2 is 2.00 bits per heavy atom. The van der Waals surface area contributed by atoms with E-state index in [9.17, 15) is 18.0 Å². The number of amides is 1. The largest absolute Gasteiger partial charge is 0.418 e. The summed E-state index contributed by atoms with van der Waals surface area (Å²) in [5, 5.41) is 5.93. The summed E-state index contributed by atoms with van der Waals surface area (Å²) in [5.41, 5.74) is 4.30. The standard InChI is InChI=1S/C12H9F3N2OS/c13-12(14,15)9-5-7(1-2-10(9)16)11(18)17-8-3-4-19-6-8/h1-6H,16H2,(H,17,18). The van der Waals surface area contributed by atoms with E-state index in [2.05, 4.69) is 5.32 Å². The van der Waals surface area contributed by atoms with E-state index in [-0.39, 0.29) is 5.56 Å². The van der Waals surface area contributed by atoms with E-state index in [4.69, 9.17) is 5.73 Å². The van der Waals surface area contributed by atoms with Crippen molar-refractivity contribution >= 4 is 28.6 Å². The van der Waals surface area contributed by atoms with Gasteiger partial charge in [0.1, 0.15) is 0 Å². The number of benzene rings is 1. The van der Waals surface area contributed by atoms with Gasteiger partial charge in [-0.15, -0.1) is 0 Å². The number of alkyl halides is 3. The molecule has 0 radical (unpaired) electrons. The van der Waals surface area contributed by atoms with Gasteiger partial charge in [-0.05, 0) is 29.6 Å². The highest BCUT2D eigenvalue weighted by Gasteiger charge is 2.33. The molecule has 0 bridgehead atoms. The van der Waals surface area contributed by atoms with Gasteiger partial charge in [0.15, 0.2) is 0 Å². The predicted octanol–water partition coefficient (Wildman–Crippen LogP) is 3.60. The Hall–Kier alpha value is -2.02. The van der Waals surface area contributed by atoms with E-state index < -0.39 is 23.3 Å². The topological polar surface area (TPSA) is 55.1 Å². The molecule has 0 fully saturated rings. The van der Waals surface area contributed by atoms with Gasteiger partial charge in [0.2, 0.25) is 0 Å². The zero-order valence-electron chi connectivity index (χ0n) is 9.49. The molecular formula is C12H9F3N2OS. The van der Waals surface area contributed by atoms with Crippen molar-refractivity contribution in [1.29, 1.82) is 0 Å². The second-order valence-electron chi connectivity index (χ2n) is 3.77. The van der Waals surface area contributed by atoms with Crippen molar-refractivity contribution < 1.29 is 18.0 Å². The van der Waals surface area contributed by atoms with E-state index >= 15 is 0 Å². The summed E-state index contributed by atoms with van der Waals surface area (Å²) in [6.45, 7) is 0. The van der Waals surface area contributed by atoms with Crippen LogP contribution in [0.3, 0.4) is 0 Å². The molecule has 0 atom stereocenters. The molecule has 1 aromatic carbocycles. The normalized spacial score (nSPS) is 11.3. The summed E-state index contributed by atoms with van der Waals surface area (Å²) in [6.07, 6.45) is -4.58. The second-order valence-corrected chi connectivity index (χ2v) is 4.55. The molecule has 100 valence electrons. The smallest absolute Gasteiger partial charge is 0.398 e. The molecular weight excluding hydrogens is 277 g/mol. The number of nitrogens with two attached hydrogens (primary N) is 1. The van der Waals surface area contributed by atoms with Crippen LogP contribution in [0.5, 0.6) is 0 Å². The molecule has 0 saturated heterocycles. The van der Waals surface area contributed by atoms with Gasteiger partial charge < -0.3 is 11.1 Å². The van der Waals surface area contributed by atoms with Crippen molar-refractivity contribution in [3.63, 3.8) is 0 Å². The van der Waals surface area contributed by atoms with Crippen LogP contribution < -0.4 is 11.1 Å². The number of nitrogens with one attached hydrogen (secondary N) is 1. The number of carbonyl (C=O) groups excluding carboxylic acids is 1. The highest BCUT2D eigenvalue weighted by atomic mass is 32.1. The quantitative estimate of drug-likeness (QED) is 0.829. The van der Waals surface area contributed by atoms with Crippen LogP contribution in [0.25, 0.3) is 0 Å². The van der Waals surface area contributed by atoms with E-state index in [1.54, 1.807) is 16.8 Å². The Morgan fingerprint density at radius 1 is 1.26 bits per heavy atom. The first-order valence-corrected chi connectivity index (χ1v) is 6.12. The minimum Gasteiger partial charge on any atom is -0.398 e. The monoisotopic (exact) mass is 286 g/mol. The van der Waals surface area contributed by atoms with Gasteiger partial charge in [-0.25, -0.2) is 0 Å². The molecule has 3 N–H and O–H groups in total. The number of halogens is 3. The Kier molecular flexibility index (Phi) is 3.48. The third-order valence-corrected chi connectivity index (χ3v) is 3.08. The fourth-order valence-electron chi connectivity index (χ4n) is 1.48. The first-order valence-electron chi connectivity index (χ1n) is 5.18. The van der Waals surface area contributed by atoms with Crippen molar-refractivity contribution in [2.75, 3.05) is 11.1 Å². The lowest BCUT2D eigenvalue weighted by Gasteiger charge is -2.11. The van der Waals surface area contributed by atoms with Crippen LogP contribution >= 0.6 is 11.3 Å². The van der Waals surface area contributed by atoms with Crippen molar-refractivity contribution in [3.05, 3.63) is 46.2 Å². The molecule has 0 aliphatic rings. The Bertz CT molecular complexity index is 594. The number of hydrogen-bond acceptors (Lipinski definition) is 3. The minimum absolute atomic E-state index is 0.0901. The van der Waals surface area contributed by atoms with Crippen molar-refractivity contribution in [2.45, 2.75) is 6.18 Å². The lowest BCUT2D eigenvalue weighted by molar-refractivity contribution is -0.136. The van der Waals surface area contributed by atoms with Gasteiger partial charge in [-0.2, -0.15) is 24.5 Å². The first kappa shape index (κ1) is 13.4. The van der Waals surface area contributed by atoms with Crippen LogP contribution in [0.1, 0.15) is 15.9 Å². The SMILES string of the molecule is Nc1ccc(C(=O)Nc2ccsc2)cc1C(F)(F)F. The Morgan fingerprint density at radius 3 is 2.58 bits per heavy atom. The van der Waals surface area contributed by atoms with Crippen molar-refractivity contribution in [2.24, 2.45) is 0 Å². The lowest BCUT2D eigenvalue weighted by atomic mass is 10.1. The molecule has 1 heterocycles. The minimum atomic E-state index is -4.58. The zero-order chi connectivity index (χ0) is 14.0. The van der Waals surface area contributed by atoms with Crippen molar-refractivity contribution in [3.8, 4) is 0 Å². The molecule has 0 aliphatic carbocycles. The molecule has 1 aromatic heterocycles. The fourth-order valence-corrected chi connectivity index (χ4v) is 2.07. The van der Waals surface area contributed by atoms with Gasteiger partial charge in [0.25, 0.3) is 5.91 Å². The fraction of sp³-hybridized carbons (Fsp3) is 0.0833. The van der Waals surface area contributed by atoms with Gasteiger partial charge >= 0.3 is 6.18 Å². The van der Waals surface area contributed by atoms with Crippen LogP contribution in [0, 0.1) is 0 Å². The number of nitrogen functional groups attached to an aromatic ring is 1. The average molecular weight is 286 g/mol. The van der Waals surface area contributed by atoms with Crippen LogP contribution in [0.4, 0.5) is 24.5 Å². The van der Waals surface area contributed by atoms with Crippen LogP contribution in [0.15, 0.2) is 35.0 Å². The molecule has 0 unspecified atom stereocenters. The average Bonchev–Trinajstić information content (AvgIpc) is 2.80. The van der Waals surface area contributed by atoms with E-state index in [1.807, 2.05) is 0 Å². The second kappa shape index (κ2) is 4.93. The molecule has 19 heavy (non-hydrogen) atoms. The van der Waals surface area contributed by atoms with Gasteiger partial charge in [0, 0.05) is 16.6 Å². The van der Waals surface area contributed by atoms with E-state index in [0.29, 0.717) is 5.69 Å². The van der Waals surface area contributed by atoms with E-state index in [0.717, 1.165) is 12.1 Å². The maximum Gasteiger partial charge on any atom is 0.418 e. The predicted molar refractivity (Wildman–Crippen MR) is 68.1 cm³/mol. The maximum absolute atomic E-state index is 12.7. The summed E-state index contributed by atoms with van der Waals surface area (Å²) in [7, 11) is 0. The summed E-state index contributed by atoms with van der Waals surface area (Å²) >= 11 is 1.37. The zero-order valence-corrected chi connectivity index (χ0v) is 10.3. The van der Waals surface area contributed by atoms with Gasteiger partial charge in [0.05, 0.1) is 11.3 Å². The molecule has 0 saturated carbocycles. The highest BCUT2D eigenvalue weighted by Crippen LogP contribution is 2.34. The molecule has 0 aliphatic heterocycles. The third-order valence-electron chi connectivity index (χ3n) is 2.40. The van der Waals surface area contributed by atoms with Gasteiger partial charge in [-0.3, -0.25) is 4.79 Å². The van der Waals surface area contributed by atoms with Crippen LogP contribution in [-0.4, -0.2) is 5.91 Å². The summed E-state index contributed by atoms with van der Waals surface area (Å²) in [6, 6.07) is 4.74. The summed E-state index contributed by atoms with van der Waals surface area (Å²) in [4.78, 5) is 11.8. The Balaban J connectivity index is 2.28. The number of hydrogen-bond donors (Lipinski definition) is 2. The van der Waals surface area contributed by atoms with Crippen LogP contribution in [-0.2, 0) is 6.18 Å². The lowest BCUT2D eigenvalue weighted by Crippen LogP contribution is -2.15. The summed E-state index contributed by atoms with van der Waals surface area (Å²) < 4.78 is 38.0. The third kappa shape index (κ3) is 3.05. The van der Waals surface area contributed by atoms with Crippen LogP contribution in [0.2, 0.25) is 0 Å². The molecule has 3 nitrogen and oxygen atoms in total. The molecule has 7 heteroatoms. The maximum atomic E-state index is 12.7. The number of rotatable bonds is 2. The number of carbonyl (C=O) groups is 1. The summed E-state index contributed by atoms with van der Waals surface area (Å²) in [5.74, 6) is -0.607. The highest BCUT2D eigenvalue weighted by molar-refractivity contribution is 7.08. The number of thiophene rings is 1. The van der Waals surface area contributed by atoms with Gasteiger partial charge in [-0.1, -0.05) is 0 Å². The van der Waals surface area contributed by atoms with Crippen molar-refractivity contribution in [1.82, 2.24) is 0 Å². The Labute approximate surface area is 110 Å².